The van der Waals surface area contributed by atoms with Gasteiger partial charge in [-0.15, -0.1) is 0 Å². The summed E-state index contributed by atoms with van der Waals surface area (Å²) in [6.07, 6.45) is 11.7. The van der Waals surface area contributed by atoms with Gasteiger partial charge in [0.1, 0.15) is 5.82 Å². The van der Waals surface area contributed by atoms with Gasteiger partial charge < -0.3 is 5.32 Å². The molecule has 6 nitrogen and oxygen atoms in total. The Kier molecular flexibility index (Phi) is 3.94. The molecule has 122 valence electrons. The van der Waals surface area contributed by atoms with Crippen molar-refractivity contribution >= 4 is 5.82 Å². The molecular formula is C18H20N6. The maximum absolute atomic E-state index is 4.66. The van der Waals surface area contributed by atoms with Crippen LogP contribution in [0.5, 0.6) is 0 Å². The van der Waals surface area contributed by atoms with Crippen molar-refractivity contribution in [1.29, 1.82) is 0 Å². The summed E-state index contributed by atoms with van der Waals surface area (Å²) in [6.45, 7) is 0.746. The summed E-state index contributed by atoms with van der Waals surface area (Å²) in [6, 6.07) is 3.99. The number of rotatable bonds is 4. The third kappa shape index (κ3) is 2.87. The van der Waals surface area contributed by atoms with E-state index in [1.807, 2.05) is 30.1 Å². The van der Waals surface area contributed by atoms with E-state index in [-0.39, 0.29) is 0 Å². The molecule has 3 heterocycles. The van der Waals surface area contributed by atoms with Gasteiger partial charge in [0.25, 0.3) is 0 Å². The first-order valence-corrected chi connectivity index (χ1v) is 8.31. The van der Waals surface area contributed by atoms with Crippen LogP contribution in [0.3, 0.4) is 0 Å². The Hall–Kier alpha value is -2.76. The van der Waals surface area contributed by atoms with E-state index in [1.54, 1.807) is 18.6 Å². The molecule has 0 amide bonds. The maximum Gasteiger partial charge on any atom is 0.126 e. The fourth-order valence-corrected chi connectivity index (χ4v) is 3.24. The molecule has 1 N–H and O–H groups in total. The number of aromatic nitrogens is 5. The molecule has 0 radical (unpaired) electrons. The van der Waals surface area contributed by atoms with E-state index in [0.29, 0.717) is 0 Å². The highest BCUT2D eigenvalue weighted by Crippen LogP contribution is 2.24. The van der Waals surface area contributed by atoms with Crippen molar-refractivity contribution in [3.63, 3.8) is 0 Å². The van der Waals surface area contributed by atoms with E-state index in [9.17, 15) is 0 Å². The third-order valence-electron chi connectivity index (χ3n) is 4.51. The van der Waals surface area contributed by atoms with Gasteiger partial charge in [0.2, 0.25) is 0 Å². The highest BCUT2D eigenvalue weighted by Gasteiger charge is 2.18. The zero-order valence-corrected chi connectivity index (χ0v) is 13.7. The quantitative estimate of drug-likeness (QED) is 0.800. The predicted octanol–water partition coefficient (Wildman–Crippen LogP) is 2.76. The first-order valence-electron chi connectivity index (χ1n) is 8.31. The average Bonchev–Trinajstić information content (AvgIpc) is 2.96. The van der Waals surface area contributed by atoms with Crippen molar-refractivity contribution in [3.05, 3.63) is 53.9 Å². The SMILES string of the molecule is Cn1nc2c(c1CNc1ccc(-c3cnccn3)cn1)CCCC2. The van der Waals surface area contributed by atoms with E-state index in [0.717, 1.165) is 36.5 Å². The smallest absolute Gasteiger partial charge is 0.126 e. The Labute approximate surface area is 141 Å². The van der Waals surface area contributed by atoms with Crippen LogP contribution in [0.4, 0.5) is 5.82 Å². The van der Waals surface area contributed by atoms with Crippen molar-refractivity contribution in [1.82, 2.24) is 24.7 Å². The standard InChI is InChI=1S/C18H20N6/c1-24-17(14-4-2-3-5-15(14)23-24)12-22-18-7-6-13(10-21-18)16-11-19-8-9-20-16/h6-11H,2-5,12H2,1H3,(H,21,22). The molecule has 0 unspecified atom stereocenters. The van der Waals surface area contributed by atoms with Crippen molar-refractivity contribution in [2.45, 2.75) is 32.2 Å². The molecule has 0 saturated heterocycles. The highest BCUT2D eigenvalue weighted by atomic mass is 15.3. The molecule has 3 aromatic heterocycles. The molecule has 1 aliphatic rings. The largest absolute Gasteiger partial charge is 0.364 e. The van der Waals surface area contributed by atoms with E-state index >= 15 is 0 Å². The van der Waals surface area contributed by atoms with Crippen LogP contribution in [-0.2, 0) is 26.4 Å². The molecule has 0 fully saturated rings. The second kappa shape index (κ2) is 6.39. The lowest BCUT2D eigenvalue weighted by Gasteiger charge is -2.12. The fourth-order valence-electron chi connectivity index (χ4n) is 3.24. The Bertz CT molecular complexity index is 823. The van der Waals surface area contributed by atoms with Gasteiger partial charge in [-0.25, -0.2) is 4.98 Å². The van der Waals surface area contributed by atoms with Crippen molar-refractivity contribution in [2.24, 2.45) is 7.05 Å². The topological polar surface area (TPSA) is 68.5 Å². The number of pyridine rings is 1. The van der Waals surface area contributed by atoms with Gasteiger partial charge in [-0.1, -0.05) is 0 Å². The molecule has 1 aliphatic carbocycles. The van der Waals surface area contributed by atoms with Crippen molar-refractivity contribution < 1.29 is 0 Å². The summed E-state index contributed by atoms with van der Waals surface area (Å²) in [5.41, 5.74) is 5.76. The zero-order chi connectivity index (χ0) is 16.4. The molecule has 0 bridgehead atoms. The molecule has 0 saturated carbocycles. The van der Waals surface area contributed by atoms with Crippen LogP contribution >= 0.6 is 0 Å². The number of hydrogen-bond donors (Lipinski definition) is 1. The highest BCUT2D eigenvalue weighted by molar-refractivity contribution is 5.58. The lowest BCUT2D eigenvalue weighted by Crippen LogP contribution is -2.09. The average molecular weight is 320 g/mol. The normalized spacial score (nSPS) is 13.5. The molecule has 0 aromatic carbocycles. The number of hydrogen-bond acceptors (Lipinski definition) is 5. The van der Waals surface area contributed by atoms with Crippen LogP contribution in [0, 0.1) is 0 Å². The summed E-state index contributed by atoms with van der Waals surface area (Å²) in [5, 5.41) is 8.07. The lowest BCUT2D eigenvalue weighted by molar-refractivity contribution is 0.664. The number of anilines is 1. The number of aryl methyl sites for hydroxylation is 2. The van der Waals surface area contributed by atoms with Gasteiger partial charge in [-0.05, 0) is 43.4 Å². The van der Waals surface area contributed by atoms with Crippen LogP contribution in [-0.4, -0.2) is 24.7 Å². The van der Waals surface area contributed by atoms with E-state index in [1.165, 1.54) is 29.8 Å². The van der Waals surface area contributed by atoms with E-state index < -0.39 is 0 Å². The van der Waals surface area contributed by atoms with Crippen LogP contribution in [0.2, 0.25) is 0 Å². The van der Waals surface area contributed by atoms with Gasteiger partial charge in [0, 0.05) is 31.2 Å². The lowest BCUT2D eigenvalue weighted by atomic mass is 9.96. The van der Waals surface area contributed by atoms with Gasteiger partial charge >= 0.3 is 0 Å². The minimum Gasteiger partial charge on any atom is -0.364 e. The molecule has 0 spiro atoms. The summed E-state index contributed by atoms with van der Waals surface area (Å²) >= 11 is 0. The summed E-state index contributed by atoms with van der Waals surface area (Å²) in [4.78, 5) is 12.9. The second-order valence-corrected chi connectivity index (χ2v) is 6.08. The van der Waals surface area contributed by atoms with E-state index in [4.69, 9.17) is 0 Å². The molecule has 6 heteroatoms. The zero-order valence-electron chi connectivity index (χ0n) is 13.7. The molecular weight excluding hydrogens is 300 g/mol. The predicted molar refractivity (Wildman–Crippen MR) is 92.4 cm³/mol. The van der Waals surface area contributed by atoms with Crippen molar-refractivity contribution in [3.8, 4) is 11.3 Å². The van der Waals surface area contributed by atoms with Crippen LogP contribution in [0.15, 0.2) is 36.9 Å². The first-order chi connectivity index (χ1) is 11.8. The van der Waals surface area contributed by atoms with Gasteiger partial charge in [0.15, 0.2) is 0 Å². The molecule has 24 heavy (non-hydrogen) atoms. The van der Waals surface area contributed by atoms with Crippen molar-refractivity contribution in [2.75, 3.05) is 5.32 Å². The third-order valence-corrected chi connectivity index (χ3v) is 4.51. The first kappa shape index (κ1) is 14.8. The maximum atomic E-state index is 4.66. The van der Waals surface area contributed by atoms with E-state index in [2.05, 4.69) is 25.4 Å². The number of nitrogens with one attached hydrogen (secondary N) is 1. The van der Waals surface area contributed by atoms with Crippen LogP contribution in [0.25, 0.3) is 11.3 Å². The van der Waals surface area contributed by atoms with Gasteiger partial charge in [0.05, 0.1) is 29.8 Å². The molecule has 0 atom stereocenters. The summed E-state index contributed by atoms with van der Waals surface area (Å²) < 4.78 is 2.01. The number of nitrogens with zero attached hydrogens (tertiary/aromatic N) is 5. The fraction of sp³-hybridized carbons (Fsp3) is 0.333. The van der Waals surface area contributed by atoms with Crippen LogP contribution in [0.1, 0.15) is 29.8 Å². The van der Waals surface area contributed by atoms with Gasteiger partial charge in [-0.2, -0.15) is 5.10 Å². The Morgan fingerprint density at radius 2 is 2.00 bits per heavy atom. The molecule has 0 aliphatic heterocycles. The Morgan fingerprint density at radius 1 is 1.08 bits per heavy atom. The monoisotopic (exact) mass is 320 g/mol. The van der Waals surface area contributed by atoms with Crippen LogP contribution < -0.4 is 5.32 Å². The van der Waals surface area contributed by atoms with Gasteiger partial charge in [-0.3, -0.25) is 14.6 Å². The molecule has 3 aromatic rings. The summed E-state index contributed by atoms with van der Waals surface area (Å²) in [7, 11) is 2.03. The minimum absolute atomic E-state index is 0.746. The second-order valence-electron chi connectivity index (χ2n) is 6.08. The Morgan fingerprint density at radius 3 is 2.79 bits per heavy atom. The minimum atomic E-state index is 0.746. The Balaban J connectivity index is 1.48. The summed E-state index contributed by atoms with van der Waals surface area (Å²) in [5.74, 6) is 0.855. The number of fused-ring (bicyclic) bond motifs is 1. The molecule has 4 rings (SSSR count).